The van der Waals surface area contributed by atoms with Gasteiger partial charge in [-0.3, -0.25) is 9.78 Å². The lowest BCUT2D eigenvalue weighted by molar-refractivity contribution is 0.0755. The number of aryl methyl sites for hydroxylation is 5. The number of pyridine rings is 1. The molecule has 0 spiro atoms. The lowest BCUT2D eigenvalue weighted by Gasteiger charge is -2.14. The number of aromatic nitrogens is 1. The van der Waals surface area contributed by atoms with Crippen LogP contribution in [0.4, 0.5) is 0 Å². The third-order valence-electron chi connectivity index (χ3n) is 3.43. The molecule has 0 saturated carbocycles. The van der Waals surface area contributed by atoms with Crippen LogP contribution in [0.3, 0.4) is 0 Å². The summed E-state index contributed by atoms with van der Waals surface area (Å²) >= 11 is 0. The Hall–Kier alpha value is -2.36. The number of rotatable bonds is 3. The topological polar surface area (TPSA) is 51.2 Å². The van der Waals surface area contributed by atoms with Gasteiger partial charge in [0.1, 0.15) is 0 Å². The van der Waals surface area contributed by atoms with Crippen molar-refractivity contribution in [2.24, 2.45) is 0 Å². The average molecular weight is 284 g/mol. The molecule has 0 saturated heterocycles. The molecular formula is C17H20N2O2. The minimum absolute atomic E-state index is 0.280. The Balaban J connectivity index is 2.19. The van der Waals surface area contributed by atoms with Crippen LogP contribution in [0.2, 0.25) is 0 Å². The van der Waals surface area contributed by atoms with Gasteiger partial charge in [-0.1, -0.05) is 17.7 Å². The molecule has 0 fully saturated rings. The van der Waals surface area contributed by atoms with E-state index in [1.54, 1.807) is 6.20 Å². The smallest absolute Gasteiger partial charge is 0.286 e. The lowest BCUT2D eigenvalue weighted by Crippen LogP contribution is -2.29. The molecule has 1 aromatic heterocycles. The first-order chi connectivity index (χ1) is 9.90. The van der Waals surface area contributed by atoms with E-state index < -0.39 is 0 Å². The predicted molar refractivity (Wildman–Crippen MR) is 82.5 cm³/mol. The van der Waals surface area contributed by atoms with Crippen LogP contribution < -0.4 is 10.3 Å². The summed E-state index contributed by atoms with van der Waals surface area (Å²) < 4.78 is 0. The fourth-order valence-electron chi connectivity index (χ4n) is 2.51. The summed E-state index contributed by atoms with van der Waals surface area (Å²) in [6, 6.07) is 5.86. The number of carbonyl (C=O) groups is 1. The molecule has 2 rings (SSSR count). The van der Waals surface area contributed by atoms with Crippen LogP contribution in [0.15, 0.2) is 24.4 Å². The Labute approximate surface area is 125 Å². The summed E-state index contributed by atoms with van der Waals surface area (Å²) in [7, 11) is 0. The fraction of sp³-hybridized carbons (Fsp3) is 0.294. The second kappa shape index (κ2) is 5.95. The number of hydrogen-bond donors (Lipinski definition) is 1. The van der Waals surface area contributed by atoms with Gasteiger partial charge < -0.3 is 4.84 Å². The maximum absolute atomic E-state index is 12.3. The molecule has 1 amide bonds. The van der Waals surface area contributed by atoms with Crippen LogP contribution in [0, 0.1) is 34.6 Å². The van der Waals surface area contributed by atoms with Crippen molar-refractivity contribution in [2.45, 2.75) is 34.6 Å². The third-order valence-corrected chi connectivity index (χ3v) is 3.43. The highest BCUT2D eigenvalue weighted by atomic mass is 16.7. The van der Waals surface area contributed by atoms with Gasteiger partial charge in [0.2, 0.25) is 0 Å². The van der Waals surface area contributed by atoms with Crippen LogP contribution in [-0.2, 0) is 0 Å². The van der Waals surface area contributed by atoms with Crippen molar-refractivity contribution in [1.29, 1.82) is 0 Å². The highest BCUT2D eigenvalue weighted by molar-refractivity contribution is 5.96. The fourth-order valence-corrected chi connectivity index (χ4v) is 2.51. The van der Waals surface area contributed by atoms with Gasteiger partial charge in [-0.15, -0.1) is 0 Å². The molecule has 21 heavy (non-hydrogen) atoms. The number of carbonyl (C=O) groups excluding carboxylic acids is 1. The summed E-state index contributed by atoms with van der Waals surface area (Å²) in [5.41, 5.74) is 7.79. The summed E-state index contributed by atoms with van der Waals surface area (Å²) in [4.78, 5) is 21.9. The molecule has 2 aromatic rings. The third kappa shape index (κ3) is 3.21. The van der Waals surface area contributed by atoms with Gasteiger partial charge in [-0.2, -0.15) is 5.48 Å². The predicted octanol–water partition coefficient (Wildman–Crippen LogP) is 3.35. The highest BCUT2D eigenvalue weighted by Gasteiger charge is 2.14. The molecule has 4 heteroatoms. The van der Waals surface area contributed by atoms with E-state index in [1.807, 2.05) is 52.8 Å². The molecule has 0 radical (unpaired) electrons. The van der Waals surface area contributed by atoms with E-state index in [0.29, 0.717) is 17.0 Å². The van der Waals surface area contributed by atoms with Crippen LogP contribution in [-0.4, -0.2) is 10.9 Å². The first kappa shape index (κ1) is 15.0. The molecule has 110 valence electrons. The summed E-state index contributed by atoms with van der Waals surface area (Å²) in [5.74, 6) is 0.408. The van der Waals surface area contributed by atoms with Gasteiger partial charge in [0.05, 0.1) is 11.3 Å². The van der Waals surface area contributed by atoms with Crippen LogP contribution in [0.1, 0.15) is 38.3 Å². The number of nitrogens with zero attached hydrogens (tertiary/aromatic N) is 1. The van der Waals surface area contributed by atoms with E-state index in [0.717, 1.165) is 16.7 Å². The number of amides is 1. The zero-order valence-corrected chi connectivity index (χ0v) is 13.1. The van der Waals surface area contributed by atoms with E-state index in [-0.39, 0.29) is 5.91 Å². The Bertz CT molecular complexity index is 650. The number of hydroxylamine groups is 1. The second-order valence-corrected chi connectivity index (χ2v) is 5.35. The monoisotopic (exact) mass is 284 g/mol. The summed E-state index contributed by atoms with van der Waals surface area (Å²) in [6.45, 7) is 9.64. The molecule has 1 N–H and O–H groups in total. The zero-order valence-electron chi connectivity index (χ0n) is 13.1. The van der Waals surface area contributed by atoms with Gasteiger partial charge in [-0.25, -0.2) is 0 Å². The van der Waals surface area contributed by atoms with E-state index >= 15 is 0 Å². The number of benzene rings is 1. The first-order valence-corrected chi connectivity index (χ1v) is 6.87. The second-order valence-electron chi connectivity index (χ2n) is 5.35. The van der Waals surface area contributed by atoms with E-state index in [9.17, 15) is 4.79 Å². The minimum atomic E-state index is -0.280. The Kier molecular flexibility index (Phi) is 4.26. The largest absolute Gasteiger partial charge is 0.379 e. The maximum atomic E-state index is 12.3. The maximum Gasteiger partial charge on any atom is 0.286 e. The van der Waals surface area contributed by atoms with Crippen molar-refractivity contribution in [3.05, 3.63) is 57.9 Å². The van der Waals surface area contributed by atoms with Crippen molar-refractivity contribution in [3.63, 3.8) is 0 Å². The van der Waals surface area contributed by atoms with Crippen LogP contribution >= 0.6 is 0 Å². The van der Waals surface area contributed by atoms with Crippen molar-refractivity contribution >= 4 is 5.91 Å². The Morgan fingerprint density at radius 1 is 1.05 bits per heavy atom. The van der Waals surface area contributed by atoms with Crippen molar-refractivity contribution in [2.75, 3.05) is 0 Å². The molecule has 4 nitrogen and oxygen atoms in total. The SMILES string of the molecule is Cc1cc(C)c(ONC(=O)c2c(C)ccnc2C)c(C)c1. The van der Waals surface area contributed by atoms with Crippen molar-refractivity contribution in [1.82, 2.24) is 10.5 Å². The molecule has 1 heterocycles. The van der Waals surface area contributed by atoms with Crippen LogP contribution in [0.5, 0.6) is 5.75 Å². The van der Waals surface area contributed by atoms with Gasteiger partial charge in [0.25, 0.3) is 5.91 Å². The van der Waals surface area contributed by atoms with Crippen molar-refractivity contribution in [3.8, 4) is 5.75 Å². The zero-order chi connectivity index (χ0) is 15.6. The molecule has 0 aliphatic rings. The Morgan fingerprint density at radius 3 is 2.24 bits per heavy atom. The molecule has 0 unspecified atom stereocenters. The van der Waals surface area contributed by atoms with Gasteiger partial charge in [-0.05, 0) is 57.4 Å². The minimum Gasteiger partial charge on any atom is -0.379 e. The van der Waals surface area contributed by atoms with Crippen molar-refractivity contribution < 1.29 is 9.63 Å². The van der Waals surface area contributed by atoms with E-state index in [2.05, 4.69) is 10.5 Å². The molecule has 0 atom stereocenters. The standard InChI is InChI=1S/C17H20N2O2/c1-10-8-12(3)16(13(4)9-10)21-19-17(20)15-11(2)6-7-18-14(15)5/h6-9H,1-5H3,(H,19,20). The average Bonchev–Trinajstić information content (AvgIpc) is 2.37. The summed E-state index contributed by atoms with van der Waals surface area (Å²) in [5, 5.41) is 0. The highest BCUT2D eigenvalue weighted by Crippen LogP contribution is 2.24. The first-order valence-electron chi connectivity index (χ1n) is 6.87. The molecular weight excluding hydrogens is 264 g/mol. The molecule has 0 bridgehead atoms. The number of hydrogen-bond acceptors (Lipinski definition) is 3. The van der Waals surface area contributed by atoms with Crippen LogP contribution in [0.25, 0.3) is 0 Å². The summed E-state index contributed by atoms with van der Waals surface area (Å²) in [6.07, 6.45) is 1.69. The Morgan fingerprint density at radius 2 is 1.67 bits per heavy atom. The normalized spacial score (nSPS) is 10.3. The quantitative estimate of drug-likeness (QED) is 0.879. The number of nitrogens with one attached hydrogen (secondary N) is 1. The molecule has 0 aliphatic heterocycles. The van der Waals surface area contributed by atoms with Gasteiger partial charge in [0, 0.05) is 6.20 Å². The van der Waals surface area contributed by atoms with Gasteiger partial charge >= 0.3 is 0 Å². The van der Waals surface area contributed by atoms with E-state index in [1.165, 1.54) is 5.56 Å². The molecule has 0 aliphatic carbocycles. The van der Waals surface area contributed by atoms with Gasteiger partial charge in [0.15, 0.2) is 5.75 Å². The van der Waals surface area contributed by atoms with E-state index in [4.69, 9.17) is 4.84 Å². The lowest BCUT2D eigenvalue weighted by atomic mass is 10.1. The molecule has 1 aromatic carbocycles.